The van der Waals surface area contributed by atoms with Gasteiger partial charge in [0.1, 0.15) is 5.75 Å². The summed E-state index contributed by atoms with van der Waals surface area (Å²) in [4.78, 5) is 5.00. The van der Waals surface area contributed by atoms with E-state index in [0.29, 0.717) is 5.75 Å². The Hall–Kier alpha value is -1.22. The predicted molar refractivity (Wildman–Crippen MR) is 69.5 cm³/mol. The summed E-state index contributed by atoms with van der Waals surface area (Å²) in [6.45, 7) is 5.88. The lowest BCUT2D eigenvalue weighted by atomic mass is 10.2. The number of phenolic OH excluding ortho intramolecular Hbond substituents is 1. The van der Waals surface area contributed by atoms with Crippen LogP contribution in [-0.2, 0) is 0 Å². The van der Waals surface area contributed by atoms with Crippen molar-refractivity contribution in [3.05, 3.63) is 24.3 Å². The van der Waals surface area contributed by atoms with Crippen LogP contribution in [0, 0.1) is 5.92 Å². The summed E-state index contributed by atoms with van der Waals surface area (Å²) in [5.74, 6) is 1.34. The molecule has 2 fully saturated rings. The van der Waals surface area contributed by atoms with Gasteiger partial charge in [-0.25, -0.2) is 0 Å². The molecule has 0 atom stereocenters. The molecule has 1 aliphatic carbocycles. The topological polar surface area (TPSA) is 26.7 Å². The van der Waals surface area contributed by atoms with Gasteiger partial charge >= 0.3 is 0 Å². The van der Waals surface area contributed by atoms with E-state index >= 15 is 0 Å². The SMILES string of the molecule is Oc1ccc(N2CCN(CC3CC3)CC2)cc1. The first kappa shape index (κ1) is 10.9. The Labute approximate surface area is 103 Å². The van der Waals surface area contributed by atoms with E-state index in [1.807, 2.05) is 12.1 Å². The Bertz CT molecular complexity index is 364. The first-order valence-electron chi connectivity index (χ1n) is 6.57. The van der Waals surface area contributed by atoms with E-state index in [-0.39, 0.29) is 0 Å². The maximum Gasteiger partial charge on any atom is 0.115 e. The number of nitrogens with zero attached hydrogens (tertiary/aromatic N) is 2. The van der Waals surface area contributed by atoms with Gasteiger partial charge in [-0.3, -0.25) is 4.90 Å². The van der Waals surface area contributed by atoms with Gasteiger partial charge in [0.05, 0.1) is 0 Å². The van der Waals surface area contributed by atoms with Crippen molar-refractivity contribution in [2.24, 2.45) is 5.92 Å². The van der Waals surface area contributed by atoms with E-state index in [1.165, 1.54) is 38.2 Å². The van der Waals surface area contributed by atoms with Crippen LogP contribution in [0.1, 0.15) is 12.8 Å². The summed E-state index contributed by atoms with van der Waals surface area (Å²) in [6, 6.07) is 7.55. The van der Waals surface area contributed by atoms with Crippen LogP contribution in [0.15, 0.2) is 24.3 Å². The third-order valence-electron chi connectivity index (χ3n) is 3.80. The molecule has 0 bridgehead atoms. The zero-order valence-electron chi connectivity index (χ0n) is 10.2. The van der Waals surface area contributed by atoms with Crippen molar-refractivity contribution >= 4 is 5.69 Å². The van der Waals surface area contributed by atoms with Crippen LogP contribution in [0.4, 0.5) is 5.69 Å². The molecule has 1 aliphatic heterocycles. The van der Waals surface area contributed by atoms with Crippen molar-refractivity contribution in [1.82, 2.24) is 4.90 Å². The van der Waals surface area contributed by atoms with Crippen LogP contribution in [0.5, 0.6) is 5.75 Å². The third kappa shape index (κ3) is 2.72. The van der Waals surface area contributed by atoms with E-state index in [9.17, 15) is 5.11 Å². The number of hydrogen-bond acceptors (Lipinski definition) is 3. The molecule has 1 N–H and O–H groups in total. The lowest BCUT2D eigenvalue weighted by Gasteiger charge is -2.36. The van der Waals surface area contributed by atoms with Gasteiger partial charge in [-0.05, 0) is 43.0 Å². The molecule has 3 nitrogen and oxygen atoms in total. The van der Waals surface area contributed by atoms with Crippen molar-refractivity contribution in [3.63, 3.8) is 0 Å². The van der Waals surface area contributed by atoms with Crippen molar-refractivity contribution in [2.45, 2.75) is 12.8 Å². The highest BCUT2D eigenvalue weighted by Gasteiger charge is 2.26. The molecule has 0 aromatic heterocycles. The molecule has 1 heterocycles. The summed E-state index contributed by atoms with van der Waals surface area (Å²) >= 11 is 0. The zero-order chi connectivity index (χ0) is 11.7. The van der Waals surface area contributed by atoms with Gasteiger partial charge < -0.3 is 10.0 Å². The lowest BCUT2D eigenvalue weighted by molar-refractivity contribution is 0.248. The fourth-order valence-corrected chi connectivity index (χ4v) is 2.52. The Morgan fingerprint density at radius 1 is 1.00 bits per heavy atom. The van der Waals surface area contributed by atoms with Gasteiger partial charge in [-0.2, -0.15) is 0 Å². The number of rotatable bonds is 3. The minimum Gasteiger partial charge on any atom is -0.508 e. The summed E-state index contributed by atoms with van der Waals surface area (Å²) in [7, 11) is 0. The maximum atomic E-state index is 9.28. The highest BCUT2D eigenvalue weighted by atomic mass is 16.3. The Kier molecular flexibility index (Phi) is 2.93. The molecule has 0 spiro atoms. The Morgan fingerprint density at radius 2 is 1.65 bits per heavy atom. The number of aromatic hydroxyl groups is 1. The number of piperazine rings is 1. The first-order valence-corrected chi connectivity index (χ1v) is 6.57. The quantitative estimate of drug-likeness (QED) is 0.862. The van der Waals surface area contributed by atoms with Gasteiger partial charge in [0.15, 0.2) is 0 Å². The molecular formula is C14H20N2O. The predicted octanol–water partition coefficient (Wildman–Crippen LogP) is 1.92. The second-order valence-corrected chi connectivity index (χ2v) is 5.25. The van der Waals surface area contributed by atoms with Gasteiger partial charge in [-0.1, -0.05) is 0 Å². The molecular weight excluding hydrogens is 212 g/mol. The second kappa shape index (κ2) is 4.57. The molecule has 3 heteroatoms. The molecule has 1 saturated heterocycles. The van der Waals surface area contributed by atoms with E-state index in [4.69, 9.17) is 0 Å². The zero-order valence-corrected chi connectivity index (χ0v) is 10.2. The summed E-state index contributed by atoms with van der Waals surface area (Å²) in [6.07, 6.45) is 2.89. The highest BCUT2D eigenvalue weighted by molar-refractivity contribution is 5.49. The second-order valence-electron chi connectivity index (χ2n) is 5.25. The molecule has 0 amide bonds. The number of benzene rings is 1. The normalized spacial score (nSPS) is 21.8. The largest absolute Gasteiger partial charge is 0.508 e. The van der Waals surface area contributed by atoms with E-state index in [2.05, 4.69) is 9.80 Å². The van der Waals surface area contributed by atoms with Gasteiger partial charge in [0.25, 0.3) is 0 Å². The standard InChI is InChI=1S/C14H20N2O/c17-14-5-3-13(4-6-14)16-9-7-15(8-10-16)11-12-1-2-12/h3-6,12,17H,1-2,7-11H2. The summed E-state index contributed by atoms with van der Waals surface area (Å²) in [5.41, 5.74) is 1.23. The van der Waals surface area contributed by atoms with Crippen LogP contribution in [0.25, 0.3) is 0 Å². The fourth-order valence-electron chi connectivity index (χ4n) is 2.52. The molecule has 0 unspecified atom stereocenters. The van der Waals surface area contributed by atoms with E-state index in [1.54, 1.807) is 12.1 Å². The Balaban J connectivity index is 1.54. The third-order valence-corrected chi connectivity index (χ3v) is 3.80. The molecule has 1 saturated carbocycles. The number of phenols is 1. The molecule has 17 heavy (non-hydrogen) atoms. The van der Waals surface area contributed by atoms with Gasteiger partial charge in [-0.15, -0.1) is 0 Å². The monoisotopic (exact) mass is 232 g/mol. The maximum absolute atomic E-state index is 9.28. The number of anilines is 1. The van der Waals surface area contributed by atoms with Crippen molar-refractivity contribution in [3.8, 4) is 5.75 Å². The van der Waals surface area contributed by atoms with Gasteiger partial charge in [0.2, 0.25) is 0 Å². The molecule has 3 rings (SSSR count). The minimum atomic E-state index is 0.348. The van der Waals surface area contributed by atoms with Gasteiger partial charge in [0, 0.05) is 38.4 Å². The smallest absolute Gasteiger partial charge is 0.115 e. The number of hydrogen-bond donors (Lipinski definition) is 1. The summed E-state index contributed by atoms with van der Waals surface area (Å²) < 4.78 is 0. The molecule has 1 aromatic rings. The first-order chi connectivity index (χ1) is 8.31. The van der Waals surface area contributed by atoms with E-state index in [0.717, 1.165) is 19.0 Å². The van der Waals surface area contributed by atoms with Crippen molar-refractivity contribution < 1.29 is 5.11 Å². The van der Waals surface area contributed by atoms with Crippen LogP contribution < -0.4 is 4.90 Å². The molecule has 0 radical (unpaired) electrons. The minimum absolute atomic E-state index is 0.348. The van der Waals surface area contributed by atoms with Crippen LogP contribution in [0.3, 0.4) is 0 Å². The lowest BCUT2D eigenvalue weighted by Crippen LogP contribution is -2.47. The van der Waals surface area contributed by atoms with Crippen LogP contribution in [0.2, 0.25) is 0 Å². The van der Waals surface area contributed by atoms with Crippen molar-refractivity contribution in [1.29, 1.82) is 0 Å². The average Bonchev–Trinajstić information content (AvgIpc) is 3.15. The molecule has 1 aromatic carbocycles. The van der Waals surface area contributed by atoms with E-state index < -0.39 is 0 Å². The molecule has 2 aliphatic rings. The summed E-state index contributed by atoms with van der Waals surface area (Å²) in [5, 5.41) is 9.28. The van der Waals surface area contributed by atoms with Crippen LogP contribution >= 0.6 is 0 Å². The van der Waals surface area contributed by atoms with Crippen LogP contribution in [-0.4, -0.2) is 42.7 Å². The molecule has 92 valence electrons. The highest BCUT2D eigenvalue weighted by Crippen LogP contribution is 2.30. The fraction of sp³-hybridized carbons (Fsp3) is 0.571. The Morgan fingerprint density at radius 3 is 2.24 bits per heavy atom. The van der Waals surface area contributed by atoms with Crippen molar-refractivity contribution in [2.75, 3.05) is 37.6 Å². The average molecular weight is 232 g/mol.